The van der Waals surface area contributed by atoms with Gasteiger partial charge in [-0.05, 0) is 11.6 Å². The molecule has 0 radical (unpaired) electrons. The van der Waals surface area contributed by atoms with Crippen molar-refractivity contribution in [2.45, 2.75) is 5.33 Å². The first-order valence-electron chi connectivity index (χ1n) is 3.78. The van der Waals surface area contributed by atoms with E-state index in [9.17, 15) is 0 Å². The van der Waals surface area contributed by atoms with Crippen molar-refractivity contribution in [1.29, 1.82) is 0 Å². The number of fused-ring (bicyclic) bond motifs is 1. The summed E-state index contributed by atoms with van der Waals surface area (Å²) in [5.41, 5.74) is 2.33. The molecule has 0 saturated carbocycles. The Labute approximate surface area is 79.3 Å². The molecule has 0 aliphatic heterocycles. The quantitative estimate of drug-likeness (QED) is 0.681. The van der Waals surface area contributed by atoms with Gasteiger partial charge in [-0.15, -0.1) is 0 Å². The molecule has 1 heterocycles. The number of aromatic nitrogens is 2. The van der Waals surface area contributed by atoms with E-state index < -0.39 is 0 Å². The van der Waals surface area contributed by atoms with Crippen LogP contribution in [0.1, 0.15) is 5.56 Å². The van der Waals surface area contributed by atoms with E-state index >= 15 is 0 Å². The van der Waals surface area contributed by atoms with E-state index in [1.54, 1.807) is 0 Å². The molecule has 0 aliphatic rings. The minimum absolute atomic E-state index is 0.888. The van der Waals surface area contributed by atoms with Gasteiger partial charge in [0.25, 0.3) is 0 Å². The van der Waals surface area contributed by atoms with Gasteiger partial charge in [0.05, 0.1) is 5.52 Å². The molecule has 1 aromatic heterocycles. The zero-order valence-electron chi connectivity index (χ0n) is 6.79. The molecule has 0 saturated heterocycles. The highest BCUT2D eigenvalue weighted by Crippen LogP contribution is 2.15. The lowest BCUT2D eigenvalue weighted by Gasteiger charge is -1.92. The molecule has 0 atom stereocenters. The molecular weight excluding hydrogens is 216 g/mol. The Balaban J connectivity index is 2.66. The summed E-state index contributed by atoms with van der Waals surface area (Å²) in [6.45, 7) is 0. The first-order chi connectivity index (χ1) is 5.79. The Morgan fingerprint density at radius 1 is 1.50 bits per heavy atom. The Bertz CT molecular complexity index is 406. The van der Waals surface area contributed by atoms with Crippen LogP contribution in [-0.2, 0) is 12.4 Å². The third-order valence-corrected chi connectivity index (χ3v) is 2.49. The summed E-state index contributed by atoms with van der Waals surface area (Å²) in [7, 11) is 1.94. The second-order valence-electron chi connectivity index (χ2n) is 2.83. The molecule has 3 heteroatoms. The highest BCUT2D eigenvalue weighted by Gasteiger charge is 1.98. The molecule has 62 valence electrons. The van der Waals surface area contributed by atoms with Crippen molar-refractivity contribution in [3.63, 3.8) is 0 Å². The maximum absolute atomic E-state index is 4.32. The van der Waals surface area contributed by atoms with E-state index in [2.05, 4.69) is 39.2 Å². The molecule has 0 fully saturated rings. The molecule has 2 rings (SSSR count). The Kier molecular flexibility index (Phi) is 1.89. The fourth-order valence-electron chi connectivity index (χ4n) is 1.27. The molecule has 0 unspecified atom stereocenters. The zero-order valence-corrected chi connectivity index (χ0v) is 8.37. The zero-order chi connectivity index (χ0) is 8.55. The minimum Gasteiger partial charge on any atom is -0.275 e. The minimum atomic E-state index is 0.888. The fraction of sp³-hybridized carbons (Fsp3) is 0.222. The molecule has 2 nitrogen and oxygen atoms in total. The van der Waals surface area contributed by atoms with Crippen LogP contribution in [0.15, 0.2) is 24.4 Å². The summed E-state index contributed by atoms with van der Waals surface area (Å²) in [6, 6.07) is 6.31. The van der Waals surface area contributed by atoms with Crippen LogP contribution < -0.4 is 0 Å². The van der Waals surface area contributed by atoms with Crippen LogP contribution in [0.4, 0.5) is 0 Å². The van der Waals surface area contributed by atoms with Crippen LogP contribution >= 0.6 is 15.9 Å². The van der Waals surface area contributed by atoms with Crippen LogP contribution in [0, 0.1) is 0 Å². The largest absolute Gasteiger partial charge is 0.275 e. The molecular formula is C9H9BrN2. The van der Waals surface area contributed by atoms with Crippen molar-refractivity contribution in [3.05, 3.63) is 30.0 Å². The van der Waals surface area contributed by atoms with E-state index in [0.29, 0.717) is 0 Å². The fourth-order valence-corrected chi connectivity index (χ4v) is 1.62. The van der Waals surface area contributed by atoms with Crippen molar-refractivity contribution >= 4 is 26.8 Å². The van der Waals surface area contributed by atoms with Gasteiger partial charge in [-0.25, -0.2) is 0 Å². The second kappa shape index (κ2) is 2.90. The van der Waals surface area contributed by atoms with Crippen molar-refractivity contribution in [1.82, 2.24) is 9.78 Å². The number of hydrogen-bond acceptors (Lipinski definition) is 1. The first kappa shape index (κ1) is 7.80. The number of nitrogens with zero attached hydrogens (tertiary/aromatic N) is 2. The highest BCUT2D eigenvalue weighted by molar-refractivity contribution is 9.08. The van der Waals surface area contributed by atoms with Gasteiger partial charge < -0.3 is 0 Å². The van der Waals surface area contributed by atoms with E-state index in [-0.39, 0.29) is 0 Å². The predicted octanol–water partition coefficient (Wildman–Crippen LogP) is 2.47. The number of hydrogen-bond donors (Lipinski definition) is 0. The van der Waals surface area contributed by atoms with Gasteiger partial charge in [0.2, 0.25) is 0 Å². The summed E-state index contributed by atoms with van der Waals surface area (Å²) in [5, 5.41) is 6.40. The van der Waals surface area contributed by atoms with Crippen molar-refractivity contribution < 1.29 is 0 Å². The average molecular weight is 225 g/mol. The number of aryl methyl sites for hydroxylation is 1. The normalized spacial score (nSPS) is 10.8. The van der Waals surface area contributed by atoms with Gasteiger partial charge in [-0.2, -0.15) is 5.10 Å². The van der Waals surface area contributed by atoms with Crippen LogP contribution in [0.2, 0.25) is 0 Å². The summed E-state index contributed by atoms with van der Waals surface area (Å²) < 4.78 is 1.84. The number of halogens is 1. The third-order valence-electron chi connectivity index (χ3n) is 1.84. The van der Waals surface area contributed by atoms with Crippen molar-refractivity contribution in [2.24, 2.45) is 7.05 Å². The lowest BCUT2D eigenvalue weighted by Crippen LogP contribution is -1.85. The monoisotopic (exact) mass is 224 g/mol. The lowest BCUT2D eigenvalue weighted by molar-refractivity contribution is 0.779. The van der Waals surface area contributed by atoms with Gasteiger partial charge in [0.1, 0.15) is 0 Å². The Morgan fingerprint density at radius 2 is 2.33 bits per heavy atom. The Hall–Kier alpha value is -0.830. The molecule has 1 aromatic carbocycles. The SMILES string of the molecule is Cn1cc2ccc(CBr)cc2n1. The van der Waals surface area contributed by atoms with E-state index in [1.165, 1.54) is 10.9 Å². The van der Waals surface area contributed by atoms with Crippen molar-refractivity contribution in [2.75, 3.05) is 0 Å². The summed E-state index contributed by atoms with van der Waals surface area (Å²) in [5.74, 6) is 0. The maximum Gasteiger partial charge on any atom is 0.0926 e. The maximum atomic E-state index is 4.32. The molecule has 0 N–H and O–H groups in total. The molecule has 0 spiro atoms. The second-order valence-corrected chi connectivity index (χ2v) is 3.39. The van der Waals surface area contributed by atoms with Gasteiger partial charge in [-0.3, -0.25) is 4.68 Å². The third kappa shape index (κ3) is 1.25. The predicted molar refractivity (Wildman–Crippen MR) is 53.3 cm³/mol. The average Bonchev–Trinajstić information content (AvgIpc) is 2.43. The summed E-state index contributed by atoms with van der Waals surface area (Å²) >= 11 is 3.42. The van der Waals surface area contributed by atoms with Gasteiger partial charge in [0, 0.05) is 24.0 Å². The van der Waals surface area contributed by atoms with Gasteiger partial charge in [-0.1, -0.05) is 28.1 Å². The van der Waals surface area contributed by atoms with Crippen LogP contribution in [0.25, 0.3) is 10.9 Å². The molecule has 0 bridgehead atoms. The number of benzene rings is 1. The van der Waals surface area contributed by atoms with Gasteiger partial charge in [0.15, 0.2) is 0 Å². The van der Waals surface area contributed by atoms with Crippen LogP contribution in [0.3, 0.4) is 0 Å². The van der Waals surface area contributed by atoms with E-state index in [1.807, 2.05) is 17.9 Å². The van der Waals surface area contributed by atoms with E-state index in [4.69, 9.17) is 0 Å². The van der Waals surface area contributed by atoms with Crippen molar-refractivity contribution in [3.8, 4) is 0 Å². The van der Waals surface area contributed by atoms with Crippen LogP contribution in [-0.4, -0.2) is 9.78 Å². The summed E-state index contributed by atoms with van der Waals surface area (Å²) in [4.78, 5) is 0. The number of alkyl halides is 1. The molecule has 0 amide bonds. The van der Waals surface area contributed by atoms with E-state index in [0.717, 1.165) is 10.8 Å². The first-order valence-corrected chi connectivity index (χ1v) is 4.90. The Morgan fingerprint density at radius 3 is 3.08 bits per heavy atom. The van der Waals surface area contributed by atoms with Gasteiger partial charge >= 0.3 is 0 Å². The highest BCUT2D eigenvalue weighted by atomic mass is 79.9. The standard InChI is InChI=1S/C9H9BrN2/c1-12-6-8-3-2-7(5-10)4-9(8)11-12/h2-4,6H,5H2,1H3. The number of rotatable bonds is 1. The van der Waals surface area contributed by atoms with Crippen LogP contribution in [0.5, 0.6) is 0 Å². The summed E-state index contributed by atoms with van der Waals surface area (Å²) in [6.07, 6.45) is 2.02. The topological polar surface area (TPSA) is 17.8 Å². The molecule has 2 aromatic rings. The molecule has 0 aliphatic carbocycles. The molecule has 12 heavy (non-hydrogen) atoms. The lowest BCUT2D eigenvalue weighted by atomic mass is 10.2. The smallest absolute Gasteiger partial charge is 0.0926 e.